The molecule has 1 aliphatic rings. The van der Waals surface area contributed by atoms with E-state index >= 15 is 0 Å². The van der Waals surface area contributed by atoms with E-state index in [1.54, 1.807) is 23.1 Å². The first kappa shape index (κ1) is 42.2. The van der Waals surface area contributed by atoms with Gasteiger partial charge in [-0.1, -0.05) is 48.5 Å². The van der Waals surface area contributed by atoms with Crippen molar-refractivity contribution in [2.75, 3.05) is 13.1 Å². The summed E-state index contributed by atoms with van der Waals surface area (Å²) in [4.78, 5) is 98.4. The highest BCUT2D eigenvalue weighted by atomic mass is 16.4. The minimum absolute atomic E-state index is 0.0602. The summed E-state index contributed by atoms with van der Waals surface area (Å²) in [6.45, 7) is 0.775. The summed E-state index contributed by atoms with van der Waals surface area (Å²) in [5, 5.41) is 48.4. The van der Waals surface area contributed by atoms with Gasteiger partial charge in [0.05, 0.1) is 6.42 Å². The molecule has 0 saturated carbocycles. The van der Waals surface area contributed by atoms with Crippen molar-refractivity contribution in [2.24, 2.45) is 0 Å². The number of unbranched alkanes of at least 4 members (excludes halogenated alkanes) is 1. The van der Waals surface area contributed by atoms with Crippen molar-refractivity contribution < 1.29 is 58.8 Å². The largest absolute Gasteiger partial charge is 0.481 e. The quantitative estimate of drug-likeness (QED) is 0.0769. The van der Waals surface area contributed by atoms with E-state index < -0.39 is 72.7 Å². The maximum absolute atomic E-state index is 13.6. The minimum atomic E-state index is -1.54. The SMILES string of the molecule is O=C(O)CCC(=O)N1CCc2cc(C(=O)N[C@@H](Cc3ccc4ccccc4c3)C(=O)NCCCC[C@H](NC(=O)N[C@@H](CCC(=O)O)C(=O)O)C(=O)O)ccc2C1. The Balaban J connectivity index is 1.36. The Morgan fingerprint density at radius 2 is 1.34 bits per heavy atom. The molecule has 0 bridgehead atoms. The molecule has 0 unspecified atom stereocenters. The summed E-state index contributed by atoms with van der Waals surface area (Å²) in [6, 6.07) is 13.5. The third-order valence-corrected chi connectivity index (χ3v) is 9.33. The maximum atomic E-state index is 13.6. The Labute approximate surface area is 321 Å². The van der Waals surface area contributed by atoms with Crippen LogP contribution in [-0.2, 0) is 48.2 Å². The normalized spacial score (nSPS) is 13.7. The maximum Gasteiger partial charge on any atom is 0.326 e. The van der Waals surface area contributed by atoms with E-state index in [0.29, 0.717) is 31.5 Å². The van der Waals surface area contributed by atoms with E-state index in [-0.39, 0.29) is 44.6 Å². The van der Waals surface area contributed by atoms with Crippen LogP contribution in [0.1, 0.15) is 72.0 Å². The molecule has 0 aromatic heterocycles. The minimum Gasteiger partial charge on any atom is -0.481 e. The molecule has 1 aliphatic heterocycles. The summed E-state index contributed by atoms with van der Waals surface area (Å²) < 4.78 is 0. The number of amides is 5. The Kier molecular flexibility index (Phi) is 15.3. The number of carbonyl (C=O) groups excluding carboxylic acids is 4. The van der Waals surface area contributed by atoms with Crippen LogP contribution in [0.5, 0.6) is 0 Å². The number of aliphatic carboxylic acids is 4. The number of fused-ring (bicyclic) bond motifs is 2. The molecule has 3 aromatic rings. The second kappa shape index (κ2) is 20.2. The predicted octanol–water partition coefficient (Wildman–Crippen LogP) is 2.29. The highest BCUT2D eigenvalue weighted by molar-refractivity contribution is 5.98. The van der Waals surface area contributed by atoms with Gasteiger partial charge >= 0.3 is 29.9 Å². The first-order valence-electron chi connectivity index (χ1n) is 18.1. The molecule has 17 nitrogen and oxygen atoms in total. The molecule has 0 aliphatic carbocycles. The number of nitrogens with zero attached hydrogens (tertiary/aromatic N) is 1. The number of carboxylic acid groups (broad SMARTS) is 4. The smallest absolute Gasteiger partial charge is 0.326 e. The van der Waals surface area contributed by atoms with Gasteiger partial charge in [0.25, 0.3) is 5.91 Å². The van der Waals surface area contributed by atoms with Crippen LogP contribution in [-0.4, -0.2) is 104 Å². The van der Waals surface area contributed by atoms with Crippen LogP contribution >= 0.6 is 0 Å². The van der Waals surface area contributed by atoms with Gasteiger partial charge in [0, 0.05) is 44.5 Å². The highest BCUT2D eigenvalue weighted by Crippen LogP contribution is 2.22. The Hall–Kier alpha value is -6.52. The third-order valence-electron chi connectivity index (χ3n) is 9.33. The van der Waals surface area contributed by atoms with Crippen LogP contribution < -0.4 is 21.3 Å². The number of hydrogen-bond donors (Lipinski definition) is 8. The molecule has 298 valence electrons. The van der Waals surface area contributed by atoms with Crippen molar-refractivity contribution in [2.45, 2.75) is 82.5 Å². The van der Waals surface area contributed by atoms with Gasteiger partial charge in [0.15, 0.2) is 0 Å². The van der Waals surface area contributed by atoms with E-state index in [9.17, 15) is 48.6 Å². The van der Waals surface area contributed by atoms with E-state index in [1.807, 2.05) is 42.5 Å². The van der Waals surface area contributed by atoms with Crippen LogP contribution in [0.25, 0.3) is 10.8 Å². The zero-order valence-electron chi connectivity index (χ0n) is 30.5. The fraction of sp³-hybridized carbons (Fsp3) is 0.385. The lowest BCUT2D eigenvalue weighted by Gasteiger charge is -2.29. The first-order chi connectivity index (χ1) is 26.7. The van der Waals surface area contributed by atoms with Crippen LogP contribution in [0.2, 0.25) is 0 Å². The Morgan fingerprint density at radius 1 is 0.661 bits per heavy atom. The molecule has 0 fully saturated rings. The van der Waals surface area contributed by atoms with Crippen molar-refractivity contribution in [3.05, 3.63) is 82.9 Å². The molecule has 3 atom stereocenters. The van der Waals surface area contributed by atoms with Crippen molar-refractivity contribution in [3.8, 4) is 0 Å². The number of carboxylic acids is 4. The number of rotatable bonds is 20. The van der Waals surface area contributed by atoms with Gasteiger partial charge in [-0.25, -0.2) is 14.4 Å². The standard InChI is InChI=1S/C39H45N5O12/c45-32(13-15-34(48)49)44-18-16-26-21-27(10-11-28(26)22-44)35(50)41-31(20-23-8-9-24-5-1-2-6-25(24)19-23)36(51)40-17-4-3-7-29(37(52)53)42-39(56)43-30(38(54)55)12-14-33(46)47/h1-2,5-6,8-11,19,21,29-31H,3-4,7,12-18,20,22H2,(H,40,51)(H,41,50)(H,46,47)(H,48,49)(H,52,53)(H,54,55)(H2,42,43,56)/t29-,30-,31-/m0/s1. The van der Waals surface area contributed by atoms with Crippen molar-refractivity contribution >= 4 is 58.4 Å². The van der Waals surface area contributed by atoms with Gasteiger partial charge in [0.1, 0.15) is 18.1 Å². The molecule has 5 amide bonds. The number of hydrogen-bond acceptors (Lipinski definition) is 8. The van der Waals surface area contributed by atoms with Gasteiger partial charge in [0.2, 0.25) is 11.8 Å². The Bertz CT molecular complexity index is 1970. The molecule has 0 radical (unpaired) electrons. The topological polar surface area (TPSA) is 269 Å². The second-order valence-electron chi connectivity index (χ2n) is 13.5. The van der Waals surface area contributed by atoms with Gasteiger partial charge < -0.3 is 46.6 Å². The van der Waals surface area contributed by atoms with Gasteiger partial charge in [-0.05, 0) is 71.7 Å². The zero-order chi connectivity index (χ0) is 40.8. The fourth-order valence-electron chi connectivity index (χ4n) is 6.28. The van der Waals surface area contributed by atoms with Crippen LogP contribution in [0.3, 0.4) is 0 Å². The summed E-state index contributed by atoms with van der Waals surface area (Å²) in [5.74, 6) is -6.38. The molecule has 17 heteroatoms. The molecule has 56 heavy (non-hydrogen) atoms. The van der Waals surface area contributed by atoms with E-state index in [0.717, 1.165) is 27.5 Å². The fourth-order valence-corrected chi connectivity index (χ4v) is 6.28. The zero-order valence-corrected chi connectivity index (χ0v) is 30.5. The number of urea groups is 1. The predicted molar refractivity (Wildman–Crippen MR) is 200 cm³/mol. The van der Waals surface area contributed by atoms with Crippen LogP contribution in [0, 0.1) is 0 Å². The average molecular weight is 776 g/mol. The lowest BCUT2D eigenvalue weighted by molar-refractivity contribution is -0.141. The summed E-state index contributed by atoms with van der Waals surface area (Å²) >= 11 is 0. The molecule has 0 saturated heterocycles. The van der Waals surface area contributed by atoms with Gasteiger partial charge in [-0.15, -0.1) is 0 Å². The van der Waals surface area contributed by atoms with E-state index in [1.165, 1.54) is 0 Å². The lowest BCUT2D eigenvalue weighted by Crippen LogP contribution is -2.51. The van der Waals surface area contributed by atoms with E-state index in [2.05, 4.69) is 21.3 Å². The monoisotopic (exact) mass is 775 g/mol. The summed E-state index contributed by atoms with van der Waals surface area (Å²) in [5.41, 5.74) is 2.81. The molecule has 3 aromatic carbocycles. The van der Waals surface area contributed by atoms with Crippen molar-refractivity contribution in [1.29, 1.82) is 0 Å². The average Bonchev–Trinajstić information content (AvgIpc) is 3.16. The molecule has 1 heterocycles. The van der Waals surface area contributed by atoms with Crippen molar-refractivity contribution in [1.82, 2.24) is 26.2 Å². The number of nitrogens with one attached hydrogen (secondary N) is 4. The lowest BCUT2D eigenvalue weighted by atomic mass is 9.96. The number of benzene rings is 3. The van der Waals surface area contributed by atoms with Crippen molar-refractivity contribution in [3.63, 3.8) is 0 Å². The molecule has 8 N–H and O–H groups in total. The first-order valence-corrected chi connectivity index (χ1v) is 18.1. The van der Waals surface area contributed by atoms with Gasteiger partial charge in [-0.2, -0.15) is 0 Å². The highest BCUT2D eigenvalue weighted by Gasteiger charge is 2.27. The molecule has 4 rings (SSSR count). The molecule has 0 spiro atoms. The molecular formula is C39H45N5O12. The summed E-state index contributed by atoms with van der Waals surface area (Å²) in [6.07, 6.45) is -0.170. The summed E-state index contributed by atoms with van der Waals surface area (Å²) in [7, 11) is 0. The molecular weight excluding hydrogens is 730 g/mol. The Morgan fingerprint density at radius 3 is 2.02 bits per heavy atom. The number of carbonyl (C=O) groups is 8. The van der Waals surface area contributed by atoms with Gasteiger partial charge in [-0.3, -0.25) is 24.0 Å². The third kappa shape index (κ3) is 12.8. The van der Waals surface area contributed by atoms with Crippen LogP contribution in [0.4, 0.5) is 4.79 Å². The van der Waals surface area contributed by atoms with Crippen LogP contribution in [0.15, 0.2) is 60.7 Å². The second-order valence-corrected chi connectivity index (χ2v) is 13.5. The van der Waals surface area contributed by atoms with E-state index in [4.69, 9.17) is 10.2 Å².